The van der Waals surface area contributed by atoms with Crippen LogP contribution in [0.1, 0.15) is 10.4 Å². The van der Waals surface area contributed by atoms with E-state index in [1.165, 1.54) is 0 Å². The molecule has 6 nitrogen and oxygen atoms in total. The monoisotopic (exact) mass is 336 g/mol. The van der Waals surface area contributed by atoms with Crippen molar-refractivity contribution in [2.45, 2.75) is 0 Å². The maximum atomic E-state index is 12.4. The first kappa shape index (κ1) is 16.7. The van der Waals surface area contributed by atoms with Crippen LogP contribution in [-0.2, 0) is 0 Å². The third kappa shape index (κ3) is 4.05. The summed E-state index contributed by atoms with van der Waals surface area (Å²) in [6, 6.07) is 17.1. The molecule has 2 aromatic carbocycles. The SMILES string of the molecule is CN(CCO)c1ccc(NC(=O)c2cnn(-c3ccccc3)c2)cc1. The van der Waals surface area contributed by atoms with Gasteiger partial charge in [-0.2, -0.15) is 5.10 Å². The Bertz CT molecular complexity index is 828. The molecule has 0 radical (unpaired) electrons. The van der Waals surface area contributed by atoms with E-state index in [9.17, 15) is 4.79 Å². The lowest BCUT2D eigenvalue weighted by atomic mass is 10.2. The first-order chi connectivity index (χ1) is 12.2. The number of anilines is 2. The second kappa shape index (κ2) is 7.63. The fourth-order valence-electron chi connectivity index (χ4n) is 2.44. The molecule has 128 valence electrons. The number of benzene rings is 2. The smallest absolute Gasteiger partial charge is 0.258 e. The highest BCUT2D eigenvalue weighted by Crippen LogP contribution is 2.17. The van der Waals surface area contributed by atoms with Crippen molar-refractivity contribution in [1.29, 1.82) is 0 Å². The van der Waals surface area contributed by atoms with Gasteiger partial charge in [0, 0.05) is 31.2 Å². The molecule has 3 rings (SSSR count). The summed E-state index contributed by atoms with van der Waals surface area (Å²) in [6.45, 7) is 0.658. The molecule has 25 heavy (non-hydrogen) atoms. The second-order valence-corrected chi connectivity index (χ2v) is 5.66. The molecule has 0 aliphatic heterocycles. The zero-order valence-electron chi connectivity index (χ0n) is 14.0. The van der Waals surface area contributed by atoms with Gasteiger partial charge >= 0.3 is 0 Å². The molecule has 2 N–H and O–H groups in total. The van der Waals surface area contributed by atoms with E-state index in [-0.39, 0.29) is 12.5 Å². The van der Waals surface area contributed by atoms with E-state index in [0.29, 0.717) is 17.8 Å². The molecule has 1 amide bonds. The summed E-state index contributed by atoms with van der Waals surface area (Å²) in [7, 11) is 1.90. The number of likely N-dealkylation sites (N-methyl/N-ethyl adjacent to an activating group) is 1. The van der Waals surface area contributed by atoms with Gasteiger partial charge in [-0.3, -0.25) is 4.79 Å². The summed E-state index contributed by atoms with van der Waals surface area (Å²) in [5.74, 6) is -0.210. The number of nitrogens with one attached hydrogen (secondary N) is 1. The van der Waals surface area contributed by atoms with Gasteiger partial charge in [-0.15, -0.1) is 0 Å². The quantitative estimate of drug-likeness (QED) is 0.726. The molecule has 0 unspecified atom stereocenters. The Morgan fingerprint density at radius 3 is 2.56 bits per heavy atom. The number of aromatic nitrogens is 2. The normalized spacial score (nSPS) is 10.5. The number of amides is 1. The Morgan fingerprint density at radius 1 is 1.16 bits per heavy atom. The molecule has 0 saturated carbocycles. The number of aliphatic hydroxyl groups is 1. The van der Waals surface area contributed by atoms with Gasteiger partial charge in [-0.05, 0) is 36.4 Å². The van der Waals surface area contributed by atoms with E-state index in [2.05, 4.69) is 10.4 Å². The van der Waals surface area contributed by atoms with Gasteiger partial charge in [-0.1, -0.05) is 18.2 Å². The number of rotatable bonds is 6. The Labute approximate surface area is 146 Å². The van der Waals surface area contributed by atoms with E-state index in [1.54, 1.807) is 17.1 Å². The molecular weight excluding hydrogens is 316 g/mol. The van der Waals surface area contributed by atoms with Crippen molar-refractivity contribution in [3.8, 4) is 5.69 Å². The van der Waals surface area contributed by atoms with E-state index < -0.39 is 0 Å². The van der Waals surface area contributed by atoms with Crippen LogP contribution in [-0.4, -0.2) is 41.0 Å². The third-order valence-corrected chi connectivity index (χ3v) is 3.87. The third-order valence-electron chi connectivity index (χ3n) is 3.87. The maximum Gasteiger partial charge on any atom is 0.258 e. The molecule has 0 spiro atoms. The first-order valence-electron chi connectivity index (χ1n) is 8.01. The number of hydrogen-bond acceptors (Lipinski definition) is 4. The molecule has 0 saturated heterocycles. The molecule has 6 heteroatoms. The van der Waals surface area contributed by atoms with Crippen LogP contribution < -0.4 is 10.2 Å². The van der Waals surface area contributed by atoms with Crippen LogP contribution in [0.2, 0.25) is 0 Å². The fraction of sp³-hybridized carbons (Fsp3) is 0.158. The predicted octanol–water partition coefficient (Wildman–Crippen LogP) is 2.55. The van der Waals surface area contributed by atoms with Crippen molar-refractivity contribution in [2.24, 2.45) is 0 Å². The van der Waals surface area contributed by atoms with Crippen molar-refractivity contribution < 1.29 is 9.90 Å². The van der Waals surface area contributed by atoms with Crippen LogP contribution in [0.5, 0.6) is 0 Å². The standard InChI is InChI=1S/C19H20N4O2/c1-22(11-12-24)17-9-7-16(8-10-17)21-19(25)15-13-20-23(14-15)18-5-3-2-4-6-18/h2-10,13-14,24H,11-12H2,1H3,(H,21,25). The summed E-state index contributed by atoms with van der Waals surface area (Å²) in [6.07, 6.45) is 3.25. The van der Waals surface area contributed by atoms with Gasteiger partial charge in [0.15, 0.2) is 0 Å². The summed E-state index contributed by atoms with van der Waals surface area (Å²) in [5.41, 5.74) is 3.07. The van der Waals surface area contributed by atoms with Crippen LogP contribution in [0.25, 0.3) is 5.69 Å². The first-order valence-corrected chi connectivity index (χ1v) is 8.01. The van der Waals surface area contributed by atoms with Crippen LogP contribution in [0.4, 0.5) is 11.4 Å². The fourth-order valence-corrected chi connectivity index (χ4v) is 2.44. The zero-order chi connectivity index (χ0) is 17.6. The van der Waals surface area contributed by atoms with Gasteiger partial charge < -0.3 is 15.3 Å². The summed E-state index contributed by atoms with van der Waals surface area (Å²) in [5, 5.41) is 16.1. The molecule has 0 aliphatic rings. The number of carbonyl (C=O) groups is 1. The van der Waals surface area contributed by atoms with Crippen molar-refractivity contribution in [3.63, 3.8) is 0 Å². The number of carbonyl (C=O) groups excluding carboxylic acids is 1. The van der Waals surface area contributed by atoms with Crippen LogP contribution in [0, 0.1) is 0 Å². The Morgan fingerprint density at radius 2 is 1.88 bits per heavy atom. The largest absolute Gasteiger partial charge is 0.395 e. The van der Waals surface area contributed by atoms with Crippen LogP contribution >= 0.6 is 0 Å². The van der Waals surface area contributed by atoms with Gasteiger partial charge in [0.05, 0.1) is 24.1 Å². The highest BCUT2D eigenvalue weighted by molar-refractivity contribution is 6.04. The van der Waals surface area contributed by atoms with E-state index >= 15 is 0 Å². The van der Waals surface area contributed by atoms with E-state index in [0.717, 1.165) is 11.4 Å². The van der Waals surface area contributed by atoms with Crippen LogP contribution in [0.3, 0.4) is 0 Å². The van der Waals surface area contributed by atoms with Crippen molar-refractivity contribution in [3.05, 3.63) is 72.6 Å². The molecule has 0 aliphatic carbocycles. The summed E-state index contributed by atoms with van der Waals surface area (Å²) in [4.78, 5) is 14.3. The van der Waals surface area contributed by atoms with Gasteiger partial charge in [-0.25, -0.2) is 4.68 Å². The average molecular weight is 336 g/mol. The minimum Gasteiger partial charge on any atom is -0.395 e. The molecular formula is C19H20N4O2. The lowest BCUT2D eigenvalue weighted by molar-refractivity contribution is 0.102. The average Bonchev–Trinajstić information content (AvgIpc) is 3.13. The number of aliphatic hydroxyl groups excluding tert-OH is 1. The summed E-state index contributed by atoms with van der Waals surface area (Å²) >= 11 is 0. The number of hydrogen-bond donors (Lipinski definition) is 2. The molecule has 1 heterocycles. The van der Waals surface area contributed by atoms with Crippen molar-refractivity contribution >= 4 is 17.3 Å². The lowest BCUT2D eigenvalue weighted by Crippen LogP contribution is -2.21. The number of nitrogens with zero attached hydrogens (tertiary/aromatic N) is 3. The minimum atomic E-state index is -0.210. The highest BCUT2D eigenvalue weighted by atomic mass is 16.3. The Kier molecular flexibility index (Phi) is 5.11. The maximum absolute atomic E-state index is 12.4. The van der Waals surface area contributed by atoms with Gasteiger partial charge in [0.1, 0.15) is 0 Å². The second-order valence-electron chi connectivity index (χ2n) is 5.66. The number of para-hydroxylation sites is 1. The van der Waals surface area contributed by atoms with Crippen molar-refractivity contribution in [1.82, 2.24) is 9.78 Å². The Balaban J connectivity index is 1.67. The van der Waals surface area contributed by atoms with E-state index in [1.807, 2.05) is 66.5 Å². The molecule has 0 atom stereocenters. The lowest BCUT2D eigenvalue weighted by Gasteiger charge is -2.18. The van der Waals surface area contributed by atoms with Gasteiger partial charge in [0.2, 0.25) is 0 Å². The van der Waals surface area contributed by atoms with Crippen molar-refractivity contribution in [2.75, 3.05) is 30.4 Å². The Hall–Kier alpha value is -3.12. The predicted molar refractivity (Wildman–Crippen MR) is 98.3 cm³/mol. The molecule has 3 aromatic rings. The molecule has 1 aromatic heterocycles. The molecule has 0 bridgehead atoms. The van der Waals surface area contributed by atoms with Crippen LogP contribution in [0.15, 0.2) is 67.0 Å². The minimum absolute atomic E-state index is 0.0976. The summed E-state index contributed by atoms with van der Waals surface area (Å²) < 4.78 is 1.67. The zero-order valence-corrected chi connectivity index (χ0v) is 14.0. The topological polar surface area (TPSA) is 70.4 Å². The van der Waals surface area contributed by atoms with E-state index in [4.69, 9.17) is 5.11 Å². The molecule has 0 fully saturated rings. The highest BCUT2D eigenvalue weighted by Gasteiger charge is 2.10. The van der Waals surface area contributed by atoms with Gasteiger partial charge in [0.25, 0.3) is 5.91 Å².